The summed E-state index contributed by atoms with van der Waals surface area (Å²) >= 11 is 5.73. The van der Waals surface area contributed by atoms with Crippen LogP contribution in [0.4, 0.5) is 0 Å². The molecule has 1 aromatic rings. The van der Waals surface area contributed by atoms with Crippen LogP contribution in [0, 0.1) is 5.92 Å². The topological polar surface area (TPSA) is 63.2 Å². The van der Waals surface area contributed by atoms with Gasteiger partial charge in [0.2, 0.25) is 5.91 Å². The summed E-state index contributed by atoms with van der Waals surface area (Å²) in [6.45, 7) is 3.69. The quantitative estimate of drug-likeness (QED) is 0.906. The van der Waals surface area contributed by atoms with E-state index in [1.165, 1.54) is 18.2 Å². The standard InChI is InChI=1S/C12H16ClNO3S/c1-3-9(4-2)12(15)14-18(16,17)11-7-5-6-10(13)8-11/h5-9H,3-4H2,1-2H3,(H,14,15). The molecule has 0 radical (unpaired) electrons. The summed E-state index contributed by atoms with van der Waals surface area (Å²) < 4.78 is 26.0. The largest absolute Gasteiger partial charge is 0.274 e. The minimum Gasteiger partial charge on any atom is -0.274 e. The van der Waals surface area contributed by atoms with Crippen LogP contribution in [0.1, 0.15) is 26.7 Å². The highest BCUT2D eigenvalue weighted by molar-refractivity contribution is 7.90. The first-order valence-corrected chi connectivity index (χ1v) is 7.59. The van der Waals surface area contributed by atoms with Gasteiger partial charge in [-0.25, -0.2) is 13.1 Å². The molecule has 0 aliphatic heterocycles. The van der Waals surface area contributed by atoms with Crippen LogP contribution < -0.4 is 4.72 Å². The average Bonchev–Trinajstić information content (AvgIpc) is 2.30. The molecule has 6 heteroatoms. The molecular weight excluding hydrogens is 274 g/mol. The van der Waals surface area contributed by atoms with E-state index in [9.17, 15) is 13.2 Å². The number of amides is 1. The lowest BCUT2D eigenvalue weighted by atomic mass is 10.0. The van der Waals surface area contributed by atoms with E-state index in [4.69, 9.17) is 11.6 Å². The van der Waals surface area contributed by atoms with Crippen molar-refractivity contribution in [1.82, 2.24) is 4.72 Å². The van der Waals surface area contributed by atoms with Gasteiger partial charge in [-0.05, 0) is 31.0 Å². The van der Waals surface area contributed by atoms with Gasteiger partial charge in [0.1, 0.15) is 0 Å². The van der Waals surface area contributed by atoms with Crippen molar-refractivity contribution >= 4 is 27.5 Å². The molecule has 0 spiro atoms. The monoisotopic (exact) mass is 289 g/mol. The smallest absolute Gasteiger partial charge is 0.264 e. The van der Waals surface area contributed by atoms with Gasteiger partial charge in [0.15, 0.2) is 0 Å². The van der Waals surface area contributed by atoms with E-state index in [1.54, 1.807) is 6.07 Å². The van der Waals surface area contributed by atoms with Crippen molar-refractivity contribution in [3.05, 3.63) is 29.3 Å². The van der Waals surface area contributed by atoms with E-state index in [-0.39, 0.29) is 10.8 Å². The lowest BCUT2D eigenvalue weighted by molar-refractivity contribution is -0.123. The number of carbonyl (C=O) groups excluding carboxylic acids is 1. The van der Waals surface area contributed by atoms with E-state index < -0.39 is 15.9 Å². The molecule has 4 nitrogen and oxygen atoms in total. The summed E-state index contributed by atoms with van der Waals surface area (Å²) in [7, 11) is -3.83. The van der Waals surface area contributed by atoms with Gasteiger partial charge >= 0.3 is 0 Å². The van der Waals surface area contributed by atoms with Gasteiger partial charge in [-0.2, -0.15) is 0 Å². The molecule has 0 unspecified atom stereocenters. The fraction of sp³-hybridized carbons (Fsp3) is 0.417. The molecule has 1 amide bonds. The second-order valence-corrected chi connectivity index (χ2v) is 6.06. The third-order valence-electron chi connectivity index (χ3n) is 2.70. The molecule has 0 fully saturated rings. The highest BCUT2D eigenvalue weighted by Crippen LogP contribution is 2.16. The summed E-state index contributed by atoms with van der Waals surface area (Å²) in [6.07, 6.45) is 1.21. The van der Waals surface area contributed by atoms with Crippen molar-refractivity contribution in [2.24, 2.45) is 5.92 Å². The zero-order valence-electron chi connectivity index (χ0n) is 10.3. The third kappa shape index (κ3) is 3.71. The van der Waals surface area contributed by atoms with Crippen LogP contribution in [0.25, 0.3) is 0 Å². The van der Waals surface area contributed by atoms with Crippen LogP contribution in [0.2, 0.25) is 5.02 Å². The molecule has 18 heavy (non-hydrogen) atoms. The van der Waals surface area contributed by atoms with Gasteiger partial charge in [-0.3, -0.25) is 4.79 Å². The Bertz CT molecular complexity index is 524. The Kier molecular flexibility index (Phi) is 5.16. The van der Waals surface area contributed by atoms with Gasteiger partial charge in [-0.1, -0.05) is 31.5 Å². The fourth-order valence-electron chi connectivity index (χ4n) is 1.57. The summed E-state index contributed by atoms with van der Waals surface area (Å²) in [5.74, 6) is -0.765. The maximum Gasteiger partial charge on any atom is 0.264 e. The highest BCUT2D eigenvalue weighted by atomic mass is 35.5. The van der Waals surface area contributed by atoms with E-state index in [2.05, 4.69) is 4.72 Å². The van der Waals surface area contributed by atoms with Crippen molar-refractivity contribution in [2.45, 2.75) is 31.6 Å². The molecule has 0 aliphatic carbocycles. The molecule has 1 rings (SSSR count). The number of halogens is 1. The summed E-state index contributed by atoms with van der Waals surface area (Å²) in [4.78, 5) is 11.8. The fourth-order valence-corrected chi connectivity index (χ4v) is 2.91. The molecule has 100 valence electrons. The Hall–Kier alpha value is -1.07. The predicted molar refractivity (Wildman–Crippen MR) is 70.9 cm³/mol. The number of hydrogen-bond donors (Lipinski definition) is 1. The summed E-state index contributed by atoms with van der Waals surface area (Å²) in [6, 6.07) is 5.81. The number of nitrogens with one attached hydrogen (secondary N) is 1. The van der Waals surface area contributed by atoms with E-state index in [0.717, 1.165) is 0 Å². The molecule has 0 aromatic heterocycles. The van der Waals surface area contributed by atoms with Crippen molar-refractivity contribution in [1.29, 1.82) is 0 Å². The molecule has 0 bridgehead atoms. The summed E-state index contributed by atoms with van der Waals surface area (Å²) in [5.41, 5.74) is 0. The first-order chi connectivity index (χ1) is 8.40. The molecular formula is C12H16ClNO3S. The zero-order chi connectivity index (χ0) is 13.8. The third-order valence-corrected chi connectivity index (χ3v) is 4.28. The summed E-state index contributed by atoms with van der Waals surface area (Å²) in [5, 5.41) is 0.313. The maximum absolute atomic E-state index is 11.9. The van der Waals surface area contributed by atoms with Crippen LogP contribution in [-0.2, 0) is 14.8 Å². The van der Waals surface area contributed by atoms with Crippen molar-refractivity contribution in [3.8, 4) is 0 Å². The van der Waals surface area contributed by atoms with Gasteiger partial charge in [0.25, 0.3) is 10.0 Å². The van der Waals surface area contributed by atoms with Crippen molar-refractivity contribution < 1.29 is 13.2 Å². The van der Waals surface area contributed by atoms with Gasteiger partial charge in [0.05, 0.1) is 4.90 Å². The Labute approximate surface area is 112 Å². The van der Waals surface area contributed by atoms with E-state index >= 15 is 0 Å². The number of sulfonamides is 1. The van der Waals surface area contributed by atoms with E-state index in [1.807, 2.05) is 13.8 Å². The van der Waals surface area contributed by atoms with E-state index in [0.29, 0.717) is 17.9 Å². The molecule has 1 N–H and O–H groups in total. The van der Waals surface area contributed by atoms with Crippen molar-refractivity contribution in [3.63, 3.8) is 0 Å². The average molecular weight is 290 g/mol. The first kappa shape index (κ1) is 15.0. The molecule has 1 aromatic carbocycles. The lowest BCUT2D eigenvalue weighted by Crippen LogP contribution is -2.35. The van der Waals surface area contributed by atoms with Crippen LogP contribution in [-0.4, -0.2) is 14.3 Å². The number of rotatable bonds is 5. The van der Waals surface area contributed by atoms with Crippen LogP contribution >= 0.6 is 11.6 Å². The molecule has 0 saturated heterocycles. The zero-order valence-corrected chi connectivity index (χ0v) is 11.9. The Morgan fingerprint density at radius 1 is 1.33 bits per heavy atom. The maximum atomic E-state index is 11.9. The van der Waals surface area contributed by atoms with Crippen LogP contribution in [0.3, 0.4) is 0 Å². The predicted octanol–water partition coefficient (Wildman–Crippen LogP) is 2.58. The lowest BCUT2D eigenvalue weighted by Gasteiger charge is -2.13. The number of benzene rings is 1. The number of carbonyl (C=O) groups is 1. The molecule has 0 aliphatic rings. The van der Waals surface area contributed by atoms with Gasteiger partial charge in [0, 0.05) is 10.9 Å². The first-order valence-electron chi connectivity index (χ1n) is 5.73. The van der Waals surface area contributed by atoms with Crippen molar-refractivity contribution in [2.75, 3.05) is 0 Å². The second-order valence-electron chi connectivity index (χ2n) is 3.94. The molecule has 0 saturated carbocycles. The van der Waals surface area contributed by atoms with Gasteiger partial charge < -0.3 is 0 Å². The molecule has 0 atom stereocenters. The van der Waals surface area contributed by atoms with Crippen LogP contribution in [0.15, 0.2) is 29.2 Å². The van der Waals surface area contributed by atoms with Crippen LogP contribution in [0.5, 0.6) is 0 Å². The van der Waals surface area contributed by atoms with Gasteiger partial charge in [-0.15, -0.1) is 0 Å². The Balaban J connectivity index is 2.92. The second kappa shape index (κ2) is 6.20. The Morgan fingerprint density at radius 3 is 2.44 bits per heavy atom. The SMILES string of the molecule is CCC(CC)C(=O)NS(=O)(=O)c1cccc(Cl)c1. The number of hydrogen-bond acceptors (Lipinski definition) is 3. The normalized spacial score (nSPS) is 11.6. The minimum atomic E-state index is -3.83. The highest BCUT2D eigenvalue weighted by Gasteiger charge is 2.22. The Morgan fingerprint density at radius 2 is 1.94 bits per heavy atom. The minimum absolute atomic E-state index is 0.00527. The molecule has 0 heterocycles.